The van der Waals surface area contributed by atoms with Gasteiger partial charge in [-0.05, 0) is 110 Å². The topological polar surface area (TPSA) is 0 Å². The normalized spacial score (nSPS) is 26.9. The summed E-state index contributed by atoms with van der Waals surface area (Å²) in [5.41, 5.74) is 1.69. The van der Waals surface area contributed by atoms with Gasteiger partial charge in [-0.25, -0.2) is 8.78 Å². The monoisotopic (exact) mass is 410 g/mol. The predicted molar refractivity (Wildman–Crippen MR) is 123 cm³/mol. The zero-order valence-corrected chi connectivity index (χ0v) is 18.6. The molecular weight excluding hydrogens is 374 g/mol. The van der Waals surface area contributed by atoms with E-state index in [2.05, 4.69) is 13.0 Å². The quantitative estimate of drug-likeness (QED) is 0.418. The molecule has 2 fully saturated rings. The first-order valence-electron chi connectivity index (χ1n) is 12.1. The van der Waals surface area contributed by atoms with Crippen LogP contribution in [0.3, 0.4) is 0 Å². The molecule has 0 aromatic heterocycles. The Bertz CT molecular complexity index is 897. The largest absolute Gasteiger partial charge is 0.207 e. The number of hydrogen-bond acceptors (Lipinski definition) is 0. The van der Waals surface area contributed by atoms with Crippen molar-refractivity contribution in [2.45, 2.75) is 84.0 Å². The van der Waals surface area contributed by atoms with Crippen LogP contribution in [-0.4, -0.2) is 0 Å². The number of benzene rings is 2. The molecule has 2 aliphatic rings. The molecule has 0 saturated heterocycles. The second-order valence-electron chi connectivity index (χ2n) is 9.78. The van der Waals surface area contributed by atoms with E-state index in [1.54, 1.807) is 12.1 Å². The van der Waals surface area contributed by atoms with Gasteiger partial charge in [-0.1, -0.05) is 44.4 Å². The van der Waals surface area contributed by atoms with E-state index in [0.717, 1.165) is 54.6 Å². The molecule has 0 radical (unpaired) electrons. The lowest BCUT2D eigenvalue weighted by molar-refractivity contribution is 0.113. The fraction of sp³-hybridized carbons (Fsp3) is 0.571. The smallest absolute Gasteiger partial charge is 0.131 e. The Hall–Kier alpha value is -1.70. The summed E-state index contributed by atoms with van der Waals surface area (Å²) in [7, 11) is 0. The highest BCUT2D eigenvalue weighted by molar-refractivity contribution is 5.85. The number of hydrogen-bond donors (Lipinski definition) is 0. The summed E-state index contributed by atoms with van der Waals surface area (Å²) in [6, 6.07) is 7.00. The molecule has 2 saturated carbocycles. The third-order valence-electron chi connectivity index (χ3n) is 7.77. The molecule has 0 aliphatic heterocycles. The molecule has 30 heavy (non-hydrogen) atoms. The summed E-state index contributed by atoms with van der Waals surface area (Å²) in [6.07, 6.45) is 15.7. The summed E-state index contributed by atoms with van der Waals surface area (Å²) in [4.78, 5) is 0. The van der Waals surface area contributed by atoms with Gasteiger partial charge in [0.05, 0.1) is 0 Å². The second-order valence-corrected chi connectivity index (χ2v) is 9.78. The number of rotatable bonds is 6. The lowest BCUT2D eigenvalue weighted by atomic mass is 9.63. The van der Waals surface area contributed by atoms with Crippen molar-refractivity contribution >= 4 is 10.8 Å². The van der Waals surface area contributed by atoms with Crippen molar-refractivity contribution in [3.05, 3.63) is 59.2 Å². The van der Waals surface area contributed by atoms with Gasteiger partial charge < -0.3 is 0 Å². The molecule has 2 heteroatoms. The van der Waals surface area contributed by atoms with Gasteiger partial charge in [0.1, 0.15) is 11.6 Å². The zero-order chi connectivity index (χ0) is 21.1. The summed E-state index contributed by atoms with van der Waals surface area (Å²) in [5.74, 6) is 2.35. The van der Waals surface area contributed by atoms with Crippen LogP contribution < -0.4 is 0 Å². The third-order valence-corrected chi connectivity index (χ3v) is 7.77. The van der Waals surface area contributed by atoms with Crippen molar-refractivity contribution < 1.29 is 8.78 Å². The molecule has 162 valence electrons. The minimum Gasteiger partial charge on any atom is -0.207 e. The second kappa shape index (κ2) is 9.62. The maximum absolute atomic E-state index is 15.1. The Morgan fingerprint density at radius 3 is 2.53 bits per heavy atom. The standard InChI is InChI=1S/C28H36F2/c1-3-5-6-8-20-14-24-17-28(30)25(18-26(24)27(29)15-20)23-12-11-21-13-19(7-4-2)9-10-22(21)16-23/h3,5,14-15,17-19,21-23H,4,6-13,16H2,1-2H3/b5-3+/t19?,21-,22?,23-/m1/s1. The SMILES string of the molecule is C/C=C/CCc1cc(F)c2cc([C@@H]3CC[C@@H]4CC(CCC)CCC4C3)c(F)cc2c1. The molecule has 0 N–H and O–H groups in total. The molecule has 2 aromatic rings. The van der Waals surface area contributed by atoms with Crippen molar-refractivity contribution in [2.75, 3.05) is 0 Å². The summed E-state index contributed by atoms with van der Waals surface area (Å²) in [6.45, 7) is 4.28. The molecule has 4 atom stereocenters. The van der Waals surface area contributed by atoms with Crippen LogP contribution in [0.4, 0.5) is 8.78 Å². The Kier molecular flexibility index (Phi) is 6.91. The van der Waals surface area contributed by atoms with Gasteiger partial charge in [0, 0.05) is 5.39 Å². The zero-order valence-electron chi connectivity index (χ0n) is 18.6. The van der Waals surface area contributed by atoms with Crippen LogP contribution in [0.5, 0.6) is 0 Å². The Morgan fingerprint density at radius 1 is 0.933 bits per heavy atom. The van der Waals surface area contributed by atoms with Crippen molar-refractivity contribution in [1.82, 2.24) is 0 Å². The van der Waals surface area contributed by atoms with Crippen LogP contribution in [-0.2, 0) is 6.42 Å². The first-order chi connectivity index (χ1) is 14.6. The number of fused-ring (bicyclic) bond motifs is 2. The highest BCUT2D eigenvalue weighted by atomic mass is 19.1. The van der Waals surface area contributed by atoms with Crippen LogP contribution in [0.15, 0.2) is 36.4 Å². The van der Waals surface area contributed by atoms with Gasteiger partial charge in [-0.3, -0.25) is 0 Å². The fourth-order valence-corrected chi connectivity index (χ4v) is 6.23. The Labute approximate surface area is 180 Å². The van der Waals surface area contributed by atoms with Crippen LogP contribution in [0.25, 0.3) is 10.8 Å². The van der Waals surface area contributed by atoms with E-state index in [1.807, 2.05) is 25.1 Å². The van der Waals surface area contributed by atoms with Gasteiger partial charge in [0.25, 0.3) is 0 Å². The predicted octanol–water partition coefficient (Wildman–Crippen LogP) is 8.73. The molecule has 2 aliphatic carbocycles. The number of allylic oxidation sites excluding steroid dienone is 2. The van der Waals surface area contributed by atoms with Gasteiger partial charge in [-0.15, -0.1) is 0 Å². The molecule has 0 bridgehead atoms. The maximum atomic E-state index is 15.1. The summed E-state index contributed by atoms with van der Waals surface area (Å²) >= 11 is 0. The van der Waals surface area contributed by atoms with E-state index < -0.39 is 0 Å². The first kappa shape index (κ1) is 21.5. The molecule has 0 spiro atoms. The summed E-state index contributed by atoms with van der Waals surface area (Å²) < 4.78 is 30.0. The van der Waals surface area contributed by atoms with Crippen molar-refractivity contribution in [3.8, 4) is 0 Å². The van der Waals surface area contributed by atoms with Crippen LogP contribution >= 0.6 is 0 Å². The molecule has 0 nitrogen and oxygen atoms in total. The Balaban J connectivity index is 1.53. The van der Waals surface area contributed by atoms with Gasteiger partial charge >= 0.3 is 0 Å². The van der Waals surface area contributed by atoms with Gasteiger partial charge in [0.2, 0.25) is 0 Å². The highest BCUT2D eigenvalue weighted by Gasteiger charge is 2.36. The Morgan fingerprint density at radius 2 is 1.73 bits per heavy atom. The lowest BCUT2D eigenvalue weighted by Crippen LogP contribution is -2.30. The van der Waals surface area contributed by atoms with E-state index in [0.29, 0.717) is 10.8 Å². The fourth-order valence-electron chi connectivity index (χ4n) is 6.23. The molecule has 0 heterocycles. The molecule has 2 aromatic carbocycles. The molecule has 0 amide bonds. The molecule has 2 unspecified atom stereocenters. The van der Waals surface area contributed by atoms with Crippen LogP contribution in [0.1, 0.15) is 88.7 Å². The van der Waals surface area contributed by atoms with E-state index in [1.165, 1.54) is 38.5 Å². The average Bonchev–Trinajstić information content (AvgIpc) is 2.73. The van der Waals surface area contributed by atoms with Crippen LogP contribution in [0, 0.1) is 29.4 Å². The van der Waals surface area contributed by atoms with E-state index >= 15 is 4.39 Å². The van der Waals surface area contributed by atoms with Crippen LogP contribution in [0.2, 0.25) is 0 Å². The van der Waals surface area contributed by atoms with E-state index in [4.69, 9.17) is 0 Å². The van der Waals surface area contributed by atoms with E-state index in [9.17, 15) is 4.39 Å². The van der Waals surface area contributed by atoms with Crippen molar-refractivity contribution in [2.24, 2.45) is 17.8 Å². The lowest BCUT2D eigenvalue weighted by Gasteiger charge is -2.42. The van der Waals surface area contributed by atoms with Crippen molar-refractivity contribution in [3.63, 3.8) is 0 Å². The third kappa shape index (κ3) is 4.63. The van der Waals surface area contributed by atoms with Gasteiger partial charge in [-0.2, -0.15) is 0 Å². The highest BCUT2D eigenvalue weighted by Crippen LogP contribution is 2.49. The average molecular weight is 411 g/mol. The molecular formula is C28H36F2. The van der Waals surface area contributed by atoms with E-state index in [-0.39, 0.29) is 17.6 Å². The summed E-state index contributed by atoms with van der Waals surface area (Å²) in [5, 5.41) is 1.27. The first-order valence-corrected chi connectivity index (χ1v) is 12.1. The number of aryl methyl sites for hydroxylation is 1. The van der Waals surface area contributed by atoms with Crippen molar-refractivity contribution in [1.29, 1.82) is 0 Å². The maximum Gasteiger partial charge on any atom is 0.131 e. The molecule has 4 rings (SSSR count). The van der Waals surface area contributed by atoms with Gasteiger partial charge in [0.15, 0.2) is 0 Å². The minimum atomic E-state index is -0.210. The number of halogens is 2. The minimum absolute atomic E-state index is 0.143.